The molecule has 0 heterocycles. The van der Waals surface area contributed by atoms with E-state index in [-0.39, 0.29) is 17.2 Å². The number of nitrogens with two attached hydrogens (primary N) is 1. The normalized spacial score (nSPS) is 13.5. The van der Waals surface area contributed by atoms with Crippen LogP contribution in [0.2, 0.25) is 0 Å². The van der Waals surface area contributed by atoms with Crippen molar-refractivity contribution in [2.75, 3.05) is 26.8 Å². The average molecular weight is 244 g/mol. The predicted molar refractivity (Wildman–Crippen MR) is 70.7 cm³/mol. The lowest BCUT2D eigenvalue weighted by Crippen LogP contribution is -2.35. The van der Waals surface area contributed by atoms with E-state index >= 15 is 0 Å². The summed E-state index contributed by atoms with van der Waals surface area (Å²) in [7, 11) is 1.66. The standard InChI is InChI=1S/C13H28N2O2/c1-11(9-17-4)8-12(16)15-10-13(2,3)6-5-7-14/h11H,5-10,14H2,1-4H3,(H,15,16). The minimum atomic E-state index is 0.107. The van der Waals surface area contributed by atoms with E-state index in [4.69, 9.17) is 10.5 Å². The highest BCUT2D eigenvalue weighted by atomic mass is 16.5. The van der Waals surface area contributed by atoms with Crippen molar-refractivity contribution in [2.24, 2.45) is 17.1 Å². The summed E-state index contributed by atoms with van der Waals surface area (Å²) in [5, 5.41) is 2.99. The summed E-state index contributed by atoms with van der Waals surface area (Å²) in [4.78, 5) is 11.7. The molecule has 0 aliphatic rings. The zero-order valence-electron chi connectivity index (χ0n) is 11.7. The maximum atomic E-state index is 11.7. The van der Waals surface area contributed by atoms with Gasteiger partial charge in [-0.25, -0.2) is 0 Å². The fourth-order valence-corrected chi connectivity index (χ4v) is 1.74. The summed E-state index contributed by atoms with van der Waals surface area (Å²) in [6, 6.07) is 0. The number of nitrogens with one attached hydrogen (secondary N) is 1. The Morgan fingerprint density at radius 1 is 1.47 bits per heavy atom. The Balaban J connectivity index is 3.82. The van der Waals surface area contributed by atoms with Crippen molar-refractivity contribution in [3.8, 4) is 0 Å². The highest BCUT2D eigenvalue weighted by Gasteiger charge is 2.18. The third-order valence-corrected chi connectivity index (χ3v) is 2.81. The van der Waals surface area contributed by atoms with Gasteiger partial charge in [0.25, 0.3) is 0 Å². The average Bonchev–Trinajstić information content (AvgIpc) is 2.24. The summed E-state index contributed by atoms with van der Waals surface area (Å²) < 4.78 is 5.01. The van der Waals surface area contributed by atoms with Crippen LogP contribution in [0, 0.1) is 11.3 Å². The van der Waals surface area contributed by atoms with Gasteiger partial charge in [-0.05, 0) is 30.7 Å². The molecule has 3 N–H and O–H groups in total. The molecule has 102 valence electrons. The van der Waals surface area contributed by atoms with Crippen LogP contribution in [0.4, 0.5) is 0 Å². The van der Waals surface area contributed by atoms with Gasteiger partial charge < -0.3 is 15.8 Å². The van der Waals surface area contributed by atoms with Gasteiger partial charge in [-0.15, -0.1) is 0 Å². The van der Waals surface area contributed by atoms with Gasteiger partial charge in [0.05, 0.1) is 0 Å². The molecule has 17 heavy (non-hydrogen) atoms. The molecule has 0 fully saturated rings. The molecule has 0 radical (unpaired) electrons. The fourth-order valence-electron chi connectivity index (χ4n) is 1.74. The van der Waals surface area contributed by atoms with Crippen molar-refractivity contribution in [2.45, 2.75) is 40.0 Å². The monoisotopic (exact) mass is 244 g/mol. The van der Waals surface area contributed by atoms with Crippen molar-refractivity contribution in [1.82, 2.24) is 5.32 Å². The molecule has 0 aromatic rings. The quantitative estimate of drug-likeness (QED) is 0.646. The molecule has 0 spiro atoms. The van der Waals surface area contributed by atoms with Crippen LogP contribution in [0.25, 0.3) is 0 Å². The molecular weight excluding hydrogens is 216 g/mol. The van der Waals surface area contributed by atoms with Crippen LogP contribution in [0.5, 0.6) is 0 Å². The van der Waals surface area contributed by atoms with E-state index in [9.17, 15) is 4.79 Å². The first-order chi connectivity index (χ1) is 7.91. The maximum Gasteiger partial charge on any atom is 0.220 e. The Hall–Kier alpha value is -0.610. The molecule has 4 nitrogen and oxygen atoms in total. The predicted octanol–water partition coefficient (Wildman–Crippen LogP) is 1.54. The summed E-state index contributed by atoms with van der Waals surface area (Å²) in [6.45, 7) is 8.38. The number of rotatable bonds is 9. The van der Waals surface area contributed by atoms with Gasteiger partial charge in [0, 0.05) is 26.7 Å². The fraction of sp³-hybridized carbons (Fsp3) is 0.923. The largest absolute Gasteiger partial charge is 0.384 e. The zero-order chi connectivity index (χ0) is 13.3. The molecule has 0 rings (SSSR count). The topological polar surface area (TPSA) is 64.3 Å². The van der Waals surface area contributed by atoms with Gasteiger partial charge in [0.2, 0.25) is 5.91 Å². The number of ether oxygens (including phenoxy) is 1. The van der Waals surface area contributed by atoms with E-state index in [0.717, 1.165) is 12.8 Å². The Bertz CT molecular complexity index is 217. The van der Waals surface area contributed by atoms with Crippen molar-refractivity contribution >= 4 is 5.91 Å². The SMILES string of the molecule is COCC(C)CC(=O)NCC(C)(C)CCCN. The van der Waals surface area contributed by atoms with Crippen molar-refractivity contribution in [3.05, 3.63) is 0 Å². The van der Waals surface area contributed by atoms with E-state index < -0.39 is 0 Å². The summed E-state index contributed by atoms with van der Waals surface area (Å²) in [6.07, 6.45) is 2.57. The molecule has 0 aromatic heterocycles. The van der Waals surface area contributed by atoms with E-state index in [1.807, 2.05) is 6.92 Å². The first kappa shape index (κ1) is 16.4. The molecular formula is C13H28N2O2. The maximum absolute atomic E-state index is 11.7. The first-order valence-electron chi connectivity index (χ1n) is 6.37. The molecule has 0 aliphatic carbocycles. The van der Waals surface area contributed by atoms with Crippen molar-refractivity contribution < 1.29 is 9.53 Å². The highest BCUT2D eigenvalue weighted by Crippen LogP contribution is 2.20. The van der Waals surface area contributed by atoms with Gasteiger partial charge in [-0.3, -0.25) is 4.79 Å². The number of methoxy groups -OCH3 is 1. The number of hydrogen-bond acceptors (Lipinski definition) is 3. The highest BCUT2D eigenvalue weighted by molar-refractivity contribution is 5.76. The lowest BCUT2D eigenvalue weighted by molar-refractivity contribution is -0.122. The summed E-state index contributed by atoms with van der Waals surface area (Å²) in [5.74, 6) is 0.377. The van der Waals surface area contributed by atoms with Crippen LogP contribution in [0.15, 0.2) is 0 Å². The third kappa shape index (κ3) is 9.12. The Morgan fingerprint density at radius 3 is 2.65 bits per heavy atom. The molecule has 0 saturated carbocycles. The Kier molecular flexibility index (Phi) is 8.17. The van der Waals surface area contributed by atoms with Gasteiger partial charge in [0.15, 0.2) is 0 Å². The second-order valence-corrected chi connectivity index (χ2v) is 5.60. The molecule has 0 aliphatic heterocycles. The van der Waals surface area contributed by atoms with E-state index in [1.165, 1.54) is 0 Å². The second-order valence-electron chi connectivity index (χ2n) is 5.60. The number of carbonyl (C=O) groups excluding carboxylic acids is 1. The van der Waals surface area contributed by atoms with E-state index in [0.29, 0.717) is 26.1 Å². The van der Waals surface area contributed by atoms with E-state index in [1.54, 1.807) is 7.11 Å². The number of hydrogen-bond donors (Lipinski definition) is 2. The van der Waals surface area contributed by atoms with Crippen LogP contribution < -0.4 is 11.1 Å². The first-order valence-corrected chi connectivity index (χ1v) is 6.37. The molecule has 0 aromatic carbocycles. The number of amides is 1. The van der Waals surface area contributed by atoms with Crippen molar-refractivity contribution in [1.29, 1.82) is 0 Å². The van der Waals surface area contributed by atoms with E-state index in [2.05, 4.69) is 19.2 Å². The number of carbonyl (C=O) groups is 1. The smallest absolute Gasteiger partial charge is 0.220 e. The molecule has 0 saturated heterocycles. The third-order valence-electron chi connectivity index (χ3n) is 2.81. The lowest BCUT2D eigenvalue weighted by atomic mass is 9.87. The lowest BCUT2D eigenvalue weighted by Gasteiger charge is -2.25. The van der Waals surface area contributed by atoms with Gasteiger partial charge in [0.1, 0.15) is 0 Å². The molecule has 1 amide bonds. The van der Waals surface area contributed by atoms with Crippen LogP contribution in [0.3, 0.4) is 0 Å². The van der Waals surface area contributed by atoms with Crippen molar-refractivity contribution in [3.63, 3.8) is 0 Å². The molecule has 1 atom stereocenters. The molecule has 4 heteroatoms. The van der Waals surface area contributed by atoms with Crippen LogP contribution in [-0.2, 0) is 9.53 Å². The second kappa shape index (κ2) is 8.48. The van der Waals surface area contributed by atoms with Crippen LogP contribution in [-0.4, -0.2) is 32.7 Å². The Morgan fingerprint density at radius 2 is 2.12 bits per heavy atom. The zero-order valence-corrected chi connectivity index (χ0v) is 11.7. The van der Waals surface area contributed by atoms with Gasteiger partial charge in [-0.1, -0.05) is 20.8 Å². The van der Waals surface area contributed by atoms with Gasteiger partial charge >= 0.3 is 0 Å². The summed E-state index contributed by atoms with van der Waals surface area (Å²) in [5.41, 5.74) is 5.61. The van der Waals surface area contributed by atoms with Gasteiger partial charge in [-0.2, -0.15) is 0 Å². The van der Waals surface area contributed by atoms with Crippen LogP contribution in [0.1, 0.15) is 40.0 Å². The minimum absolute atomic E-state index is 0.107. The molecule has 1 unspecified atom stereocenters. The summed E-state index contributed by atoms with van der Waals surface area (Å²) >= 11 is 0. The Labute approximate surface area is 105 Å². The minimum Gasteiger partial charge on any atom is -0.384 e. The van der Waals surface area contributed by atoms with Crippen LogP contribution >= 0.6 is 0 Å². The molecule has 0 bridgehead atoms.